The van der Waals surface area contributed by atoms with Crippen molar-refractivity contribution < 1.29 is 14.6 Å². The quantitative estimate of drug-likeness (QED) is 0.844. The minimum absolute atomic E-state index is 0.131. The van der Waals surface area contributed by atoms with Gasteiger partial charge in [0.15, 0.2) is 11.5 Å². The molecule has 0 saturated heterocycles. The Morgan fingerprint density at radius 1 is 1.04 bits per heavy atom. The highest BCUT2D eigenvalue weighted by Gasteiger charge is 2.07. The number of methoxy groups -OCH3 is 1. The summed E-state index contributed by atoms with van der Waals surface area (Å²) in [5, 5.41) is 9.70. The van der Waals surface area contributed by atoms with Gasteiger partial charge in [-0.2, -0.15) is 0 Å². The van der Waals surface area contributed by atoms with E-state index in [2.05, 4.69) is 4.98 Å². The number of hydrogen-bond donors (Lipinski definition) is 1. The molecule has 0 aliphatic rings. The molecule has 0 unspecified atom stereocenters. The summed E-state index contributed by atoms with van der Waals surface area (Å²) in [6.07, 6.45) is 1.54. The molecule has 1 aromatic heterocycles. The zero-order valence-electron chi connectivity index (χ0n) is 14.5. The van der Waals surface area contributed by atoms with E-state index in [0.717, 1.165) is 5.56 Å². The predicted octanol–water partition coefficient (Wildman–Crippen LogP) is 4.87. The van der Waals surface area contributed by atoms with E-state index >= 15 is 0 Å². The number of aromatic nitrogens is 1. The number of aliphatic hydroxyl groups is 1. The van der Waals surface area contributed by atoms with E-state index in [1.807, 2.05) is 52.0 Å². The van der Waals surface area contributed by atoms with Crippen LogP contribution in [0.15, 0.2) is 36.5 Å². The van der Waals surface area contributed by atoms with Gasteiger partial charge in [-0.05, 0) is 17.7 Å². The Kier molecular flexibility index (Phi) is 11.7. The number of aliphatic hydroxyl groups excluding tert-OH is 1. The summed E-state index contributed by atoms with van der Waals surface area (Å²) < 4.78 is 10.8. The normalized spacial score (nSPS) is 9.00. The lowest BCUT2D eigenvalue weighted by atomic mass is 10.2. The monoisotopic (exact) mass is 339 g/mol. The van der Waals surface area contributed by atoms with Gasteiger partial charge in [0.1, 0.15) is 6.61 Å². The SMILES string of the molecule is CC.CC.COc1cc(CO)ncc1OCc1ccc(Cl)cc1. The Morgan fingerprint density at radius 2 is 1.65 bits per heavy atom. The minimum atomic E-state index is -0.131. The van der Waals surface area contributed by atoms with Gasteiger partial charge < -0.3 is 14.6 Å². The van der Waals surface area contributed by atoms with Crippen molar-refractivity contribution in [2.75, 3.05) is 7.11 Å². The van der Waals surface area contributed by atoms with E-state index in [1.54, 1.807) is 19.4 Å². The van der Waals surface area contributed by atoms with Crippen molar-refractivity contribution in [3.63, 3.8) is 0 Å². The summed E-state index contributed by atoms with van der Waals surface area (Å²) in [6.45, 7) is 8.27. The second-order valence-electron chi connectivity index (χ2n) is 3.90. The molecule has 1 N–H and O–H groups in total. The van der Waals surface area contributed by atoms with Crippen molar-refractivity contribution in [3.8, 4) is 11.5 Å². The molecule has 0 fully saturated rings. The third kappa shape index (κ3) is 7.35. The first-order chi connectivity index (χ1) is 11.2. The van der Waals surface area contributed by atoms with Gasteiger partial charge in [-0.1, -0.05) is 51.4 Å². The van der Waals surface area contributed by atoms with Gasteiger partial charge >= 0.3 is 0 Å². The van der Waals surface area contributed by atoms with Crippen molar-refractivity contribution in [3.05, 3.63) is 52.8 Å². The van der Waals surface area contributed by atoms with Crippen LogP contribution in [0.4, 0.5) is 0 Å². The van der Waals surface area contributed by atoms with Gasteiger partial charge in [-0.15, -0.1) is 0 Å². The van der Waals surface area contributed by atoms with Crippen LogP contribution in [0.25, 0.3) is 0 Å². The molecule has 2 aromatic rings. The molecular weight excluding hydrogens is 314 g/mol. The Balaban J connectivity index is 0.00000112. The zero-order chi connectivity index (χ0) is 17.7. The topological polar surface area (TPSA) is 51.6 Å². The van der Waals surface area contributed by atoms with Gasteiger partial charge in [0, 0.05) is 11.1 Å². The van der Waals surface area contributed by atoms with E-state index in [4.69, 9.17) is 26.2 Å². The van der Waals surface area contributed by atoms with Crippen LogP contribution < -0.4 is 9.47 Å². The molecule has 2 rings (SSSR count). The highest BCUT2D eigenvalue weighted by Crippen LogP contribution is 2.27. The van der Waals surface area contributed by atoms with E-state index in [9.17, 15) is 0 Å². The molecule has 0 bridgehead atoms. The molecule has 0 spiro atoms. The van der Waals surface area contributed by atoms with Crippen LogP contribution in [0.1, 0.15) is 39.0 Å². The summed E-state index contributed by atoms with van der Waals surface area (Å²) in [7, 11) is 1.55. The van der Waals surface area contributed by atoms with Gasteiger partial charge in [0.25, 0.3) is 0 Å². The number of rotatable bonds is 5. The van der Waals surface area contributed by atoms with Gasteiger partial charge in [-0.25, -0.2) is 0 Å². The maximum atomic E-state index is 9.01. The fourth-order valence-corrected chi connectivity index (χ4v) is 1.69. The maximum absolute atomic E-state index is 9.01. The van der Waals surface area contributed by atoms with Crippen LogP contribution in [-0.4, -0.2) is 17.2 Å². The Morgan fingerprint density at radius 3 is 2.17 bits per heavy atom. The van der Waals surface area contributed by atoms with E-state index < -0.39 is 0 Å². The van der Waals surface area contributed by atoms with E-state index in [1.165, 1.54) is 0 Å². The maximum Gasteiger partial charge on any atom is 0.179 e. The molecule has 0 aliphatic heterocycles. The summed E-state index contributed by atoms with van der Waals surface area (Å²) in [4.78, 5) is 4.06. The summed E-state index contributed by atoms with van der Waals surface area (Å²) in [6, 6.07) is 9.06. The first kappa shape index (κ1) is 21.2. The molecule has 0 amide bonds. The van der Waals surface area contributed by atoms with Crippen molar-refractivity contribution in [1.29, 1.82) is 0 Å². The van der Waals surface area contributed by atoms with Crippen LogP contribution >= 0.6 is 11.6 Å². The molecule has 4 nitrogen and oxygen atoms in total. The number of pyridine rings is 1. The third-order valence-corrected chi connectivity index (χ3v) is 2.83. The smallest absolute Gasteiger partial charge is 0.179 e. The zero-order valence-corrected chi connectivity index (χ0v) is 15.2. The lowest BCUT2D eigenvalue weighted by molar-refractivity contribution is 0.268. The van der Waals surface area contributed by atoms with Crippen LogP contribution in [0.2, 0.25) is 5.02 Å². The molecule has 1 aromatic carbocycles. The number of hydrogen-bond acceptors (Lipinski definition) is 4. The summed E-state index contributed by atoms with van der Waals surface area (Å²) in [5.41, 5.74) is 1.54. The van der Waals surface area contributed by atoms with Gasteiger partial charge in [-0.3, -0.25) is 4.98 Å². The predicted molar refractivity (Wildman–Crippen MR) is 95.2 cm³/mol. The van der Waals surface area contributed by atoms with Crippen molar-refractivity contribution in [1.82, 2.24) is 4.98 Å². The van der Waals surface area contributed by atoms with Crippen LogP contribution in [0.3, 0.4) is 0 Å². The summed E-state index contributed by atoms with van der Waals surface area (Å²) >= 11 is 5.82. The molecule has 1 heterocycles. The standard InChI is InChI=1S/C14H14ClNO3.2C2H6/c1-18-13-6-12(8-17)16-7-14(13)19-9-10-2-4-11(15)5-3-10;2*1-2/h2-7,17H,8-9H2,1H3;2*1-2H3. The molecule has 0 saturated carbocycles. The van der Waals surface area contributed by atoms with E-state index in [0.29, 0.717) is 28.8 Å². The Labute approximate surface area is 144 Å². The number of nitrogens with zero attached hydrogens (tertiary/aromatic N) is 1. The van der Waals surface area contributed by atoms with Gasteiger partial charge in [0.05, 0.1) is 25.6 Å². The van der Waals surface area contributed by atoms with Crippen LogP contribution in [0.5, 0.6) is 11.5 Å². The molecule has 0 radical (unpaired) electrons. The molecule has 5 heteroatoms. The number of benzene rings is 1. The summed E-state index contributed by atoms with van der Waals surface area (Å²) in [5.74, 6) is 1.09. The number of halogens is 1. The second kappa shape index (κ2) is 12.7. The van der Waals surface area contributed by atoms with E-state index in [-0.39, 0.29) is 6.61 Å². The lowest BCUT2D eigenvalue weighted by Crippen LogP contribution is -2.00. The van der Waals surface area contributed by atoms with Crippen molar-refractivity contribution in [2.45, 2.75) is 40.9 Å². The fraction of sp³-hybridized carbons (Fsp3) is 0.389. The molecule has 23 heavy (non-hydrogen) atoms. The Bertz CT molecular complexity index is 544. The average molecular weight is 340 g/mol. The molecule has 0 atom stereocenters. The second-order valence-corrected chi connectivity index (χ2v) is 4.34. The first-order valence-electron chi connectivity index (χ1n) is 7.74. The number of ether oxygens (including phenoxy) is 2. The van der Waals surface area contributed by atoms with Gasteiger partial charge in [0.2, 0.25) is 0 Å². The minimum Gasteiger partial charge on any atom is -0.493 e. The average Bonchev–Trinajstić information content (AvgIpc) is 2.64. The largest absolute Gasteiger partial charge is 0.493 e. The molecule has 128 valence electrons. The van der Waals surface area contributed by atoms with Crippen LogP contribution in [-0.2, 0) is 13.2 Å². The highest BCUT2D eigenvalue weighted by atomic mass is 35.5. The van der Waals surface area contributed by atoms with Crippen molar-refractivity contribution >= 4 is 11.6 Å². The lowest BCUT2D eigenvalue weighted by Gasteiger charge is -2.11. The Hall–Kier alpha value is -1.78. The first-order valence-corrected chi connectivity index (χ1v) is 8.11. The third-order valence-electron chi connectivity index (χ3n) is 2.58. The highest BCUT2D eigenvalue weighted by molar-refractivity contribution is 6.30. The van der Waals surface area contributed by atoms with Crippen LogP contribution in [0, 0.1) is 0 Å². The fourth-order valence-electron chi connectivity index (χ4n) is 1.56. The molecule has 0 aliphatic carbocycles. The molecular formula is C18H26ClNO3. The van der Waals surface area contributed by atoms with Crippen molar-refractivity contribution in [2.24, 2.45) is 0 Å².